The molecular weight excluding hydrogens is 678 g/mol. The van der Waals surface area contributed by atoms with Crippen molar-refractivity contribution in [3.63, 3.8) is 0 Å². The van der Waals surface area contributed by atoms with Gasteiger partial charge in [-0.1, -0.05) is 99.7 Å². The summed E-state index contributed by atoms with van der Waals surface area (Å²) in [7, 11) is 4.12. The molecule has 0 aromatic heterocycles. The molecule has 51 heavy (non-hydrogen) atoms. The number of carbonyl (C=O) groups excluding carboxylic acids is 3. The summed E-state index contributed by atoms with van der Waals surface area (Å²) in [6.07, 6.45) is 5.04. The van der Waals surface area contributed by atoms with Gasteiger partial charge in [-0.05, 0) is 81.6 Å². The maximum atomic E-state index is 12.8. The van der Waals surface area contributed by atoms with Gasteiger partial charge in [-0.2, -0.15) is 0 Å². The third kappa shape index (κ3) is 29.9. The fourth-order valence-corrected chi connectivity index (χ4v) is 4.61. The molecule has 1 fully saturated rings. The largest absolute Gasteiger partial charge is 0.355 e. The minimum Gasteiger partial charge on any atom is -0.355 e. The number of nitrogens with one attached hydrogen (secondary N) is 4. The Balaban J connectivity index is -0.000000732. The Morgan fingerprint density at radius 2 is 1.57 bits per heavy atom. The van der Waals surface area contributed by atoms with E-state index in [2.05, 4.69) is 72.1 Å². The Hall–Kier alpha value is -2.35. The van der Waals surface area contributed by atoms with Gasteiger partial charge in [0.15, 0.2) is 0 Å². The lowest BCUT2D eigenvalue weighted by Gasteiger charge is -2.35. The van der Waals surface area contributed by atoms with Crippen molar-refractivity contribution in [2.75, 3.05) is 53.1 Å². The van der Waals surface area contributed by atoms with Crippen molar-refractivity contribution in [3.8, 4) is 0 Å². The molecule has 0 aliphatic carbocycles. The van der Waals surface area contributed by atoms with E-state index in [1.165, 1.54) is 31.4 Å². The zero-order valence-electron chi connectivity index (χ0n) is 34.2. The molecule has 1 aliphatic rings. The highest BCUT2D eigenvalue weighted by Crippen LogP contribution is 2.22. The minimum atomic E-state index is -2.17. The fraction of sp³-hybridized carbons (Fsp3) is 0.763. The number of hydrogen-bond donors (Lipinski definition) is 4. The van der Waals surface area contributed by atoms with Gasteiger partial charge < -0.3 is 31.0 Å². The van der Waals surface area contributed by atoms with Crippen molar-refractivity contribution in [1.82, 2.24) is 30.5 Å². The predicted molar refractivity (Wildman–Crippen MR) is 211 cm³/mol. The highest BCUT2D eigenvalue weighted by molar-refractivity contribution is 7.96. The van der Waals surface area contributed by atoms with Gasteiger partial charge in [0.2, 0.25) is 12.3 Å². The second-order valence-corrected chi connectivity index (χ2v) is 15.4. The van der Waals surface area contributed by atoms with Gasteiger partial charge in [-0.25, -0.2) is 18.0 Å². The average Bonchev–Trinajstić information content (AvgIpc) is 3.45. The van der Waals surface area contributed by atoms with Gasteiger partial charge in [-0.15, -0.1) is 0 Å². The van der Waals surface area contributed by atoms with E-state index in [9.17, 15) is 27.6 Å². The van der Waals surface area contributed by atoms with Crippen LogP contribution in [0.4, 0.5) is 18.0 Å². The second kappa shape index (κ2) is 30.1. The van der Waals surface area contributed by atoms with Crippen LogP contribution >= 0.6 is 11.9 Å². The van der Waals surface area contributed by atoms with Crippen LogP contribution in [0.15, 0.2) is 24.3 Å². The van der Waals surface area contributed by atoms with Crippen molar-refractivity contribution >= 4 is 30.2 Å². The molecule has 3 unspecified atom stereocenters. The average molecular weight is 751 g/mol. The van der Waals surface area contributed by atoms with Gasteiger partial charge >= 0.3 is 6.03 Å². The lowest BCUT2D eigenvalue weighted by Crippen LogP contribution is -2.55. The maximum Gasteiger partial charge on any atom is 0.315 e. The molecular formula is C38H73F3N6O3S. The first-order valence-corrected chi connectivity index (χ1v) is 19.4. The summed E-state index contributed by atoms with van der Waals surface area (Å²) in [6, 6.07) is 6.12. The van der Waals surface area contributed by atoms with Crippen LogP contribution in [-0.2, 0) is 16.0 Å². The Kier molecular flexibility index (Phi) is 31.3. The van der Waals surface area contributed by atoms with E-state index in [4.69, 9.17) is 0 Å². The van der Waals surface area contributed by atoms with Crippen molar-refractivity contribution in [3.05, 3.63) is 35.6 Å². The Morgan fingerprint density at radius 3 is 1.98 bits per heavy atom. The number of aldehydes is 1. The van der Waals surface area contributed by atoms with Crippen LogP contribution in [0.1, 0.15) is 101 Å². The highest BCUT2D eigenvalue weighted by atomic mass is 32.2. The number of rotatable bonds is 13. The number of likely N-dealkylation sites (tertiary alicyclic amines) is 1. The molecule has 2 rings (SSSR count). The molecule has 13 heteroatoms. The molecule has 3 amide bonds. The second-order valence-electron chi connectivity index (χ2n) is 14.4. The number of benzene rings is 1. The summed E-state index contributed by atoms with van der Waals surface area (Å²) in [5, 5.41) is 11.8. The number of carbonyl (C=O) groups is 3. The molecule has 1 saturated heterocycles. The molecule has 3 atom stereocenters. The molecule has 0 spiro atoms. The van der Waals surface area contributed by atoms with Gasteiger partial charge in [0, 0.05) is 31.7 Å². The monoisotopic (exact) mass is 751 g/mol. The summed E-state index contributed by atoms with van der Waals surface area (Å²) in [5.74, 6) is -0.221. The van der Waals surface area contributed by atoms with Crippen LogP contribution in [0, 0.1) is 16.6 Å². The molecule has 1 aliphatic heterocycles. The van der Waals surface area contributed by atoms with Crippen molar-refractivity contribution < 1.29 is 27.6 Å². The first-order valence-electron chi connectivity index (χ1n) is 18.2. The van der Waals surface area contributed by atoms with Crippen molar-refractivity contribution in [2.45, 2.75) is 126 Å². The van der Waals surface area contributed by atoms with Crippen molar-refractivity contribution in [1.29, 1.82) is 0 Å². The van der Waals surface area contributed by atoms with Crippen LogP contribution in [-0.4, -0.2) is 105 Å². The van der Waals surface area contributed by atoms with Crippen molar-refractivity contribution in [2.24, 2.45) is 10.8 Å². The third-order valence-electron chi connectivity index (χ3n) is 7.44. The summed E-state index contributed by atoms with van der Waals surface area (Å²) in [6.45, 7) is 24.8. The zero-order valence-corrected chi connectivity index (χ0v) is 35.0. The van der Waals surface area contributed by atoms with Crippen LogP contribution in [0.2, 0.25) is 0 Å². The quantitative estimate of drug-likeness (QED) is 0.123. The zero-order chi connectivity index (χ0) is 40.2. The van der Waals surface area contributed by atoms with E-state index in [-0.39, 0.29) is 34.6 Å². The van der Waals surface area contributed by atoms with E-state index < -0.39 is 12.5 Å². The Bertz CT molecular complexity index is 1020. The molecule has 0 radical (unpaired) electrons. The van der Waals surface area contributed by atoms with E-state index >= 15 is 0 Å². The standard InChI is InChI=1S/C16H24FN3O.C15H31N3O2S.C3H8.C2H4F2.C2H6/c1-20-10-2-3-15(20)11-18-12-16(21)19-9-8-13-4-6-14(17)7-5-13;1-14(2,3)11(9-18(7)21-8)16-13(20)17-12(10-19)15(4,5)6;1-3-2;1-2(3)4;1-2/h4-7,15,18H,2-3,8-12H2,1H3,(H,19,21);10-12H,9H2,1-8H3,(H2,16,17,20);3H2,1-2H3;2H,1H3;1-2H3. The van der Waals surface area contributed by atoms with E-state index in [1.807, 2.05) is 47.9 Å². The van der Waals surface area contributed by atoms with Crippen LogP contribution in [0.25, 0.3) is 0 Å². The number of hydrogen-bond acceptors (Lipinski definition) is 7. The third-order valence-corrected chi connectivity index (χ3v) is 8.22. The number of likely N-dealkylation sites (N-methyl/N-ethyl adjacent to an activating group) is 2. The van der Waals surface area contributed by atoms with Crippen LogP contribution in [0.5, 0.6) is 0 Å². The number of urea groups is 1. The van der Waals surface area contributed by atoms with Crippen LogP contribution < -0.4 is 21.3 Å². The molecule has 0 saturated carbocycles. The number of alkyl halides is 2. The van der Waals surface area contributed by atoms with Gasteiger partial charge in [0.25, 0.3) is 0 Å². The number of halogens is 3. The molecule has 1 aromatic rings. The minimum absolute atomic E-state index is 0.0118. The summed E-state index contributed by atoms with van der Waals surface area (Å²) in [4.78, 5) is 37.3. The Morgan fingerprint density at radius 1 is 1.04 bits per heavy atom. The van der Waals surface area contributed by atoms with Gasteiger partial charge in [0.1, 0.15) is 12.1 Å². The fourth-order valence-electron chi connectivity index (χ4n) is 4.31. The van der Waals surface area contributed by atoms with Crippen LogP contribution in [0.3, 0.4) is 0 Å². The van der Waals surface area contributed by atoms with E-state index in [0.717, 1.165) is 44.8 Å². The normalized spacial score (nSPS) is 15.3. The SMILES string of the molecule is CC.CC(F)F.CCC.CN1CCCC1CNCC(=O)NCCc1ccc(F)cc1.CSN(C)CC(NC(=O)NC(C=O)C(C)(C)C)C(C)(C)C. The van der Waals surface area contributed by atoms with E-state index in [1.54, 1.807) is 24.1 Å². The number of amides is 3. The first-order chi connectivity index (χ1) is 23.7. The molecule has 1 heterocycles. The Labute approximate surface area is 313 Å². The molecule has 1 aromatic carbocycles. The molecule has 300 valence electrons. The summed E-state index contributed by atoms with van der Waals surface area (Å²) < 4.78 is 35.5. The van der Waals surface area contributed by atoms with Gasteiger partial charge in [-0.3, -0.25) is 9.10 Å². The predicted octanol–water partition coefficient (Wildman–Crippen LogP) is 7.41. The molecule has 4 N–H and O–H groups in total. The molecule has 0 bridgehead atoms. The highest BCUT2D eigenvalue weighted by Gasteiger charge is 2.30. The molecule has 9 nitrogen and oxygen atoms in total. The van der Waals surface area contributed by atoms with Gasteiger partial charge in [0.05, 0.1) is 12.6 Å². The van der Waals surface area contributed by atoms with E-state index in [0.29, 0.717) is 19.1 Å². The summed E-state index contributed by atoms with van der Waals surface area (Å²) >= 11 is 1.62. The lowest BCUT2D eigenvalue weighted by molar-refractivity contribution is -0.120. The summed E-state index contributed by atoms with van der Waals surface area (Å²) in [5.41, 5.74) is 0.656. The smallest absolute Gasteiger partial charge is 0.315 e. The lowest BCUT2D eigenvalue weighted by atomic mass is 9.86. The maximum absolute atomic E-state index is 12.8. The number of nitrogens with zero attached hydrogens (tertiary/aromatic N) is 2. The first kappa shape index (κ1) is 53.0. The topological polar surface area (TPSA) is 106 Å².